The van der Waals surface area contributed by atoms with Crippen LogP contribution in [0.4, 0.5) is 0 Å². The van der Waals surface area contributed by atoms with Crippen LogP contribution in [-0.2, 0) is 14.3 Å². The fourth-order valence-electron chi connectivity index (χ4n) is 1.83. The van der Waals surface area contributed by atoms with E-state index in [-0.39, 0.29) is 13.2 Å². The maximum atomic E-state index is 9.14. The monoisotopic (exact) mass is 352 g/mol. The van der Waals surface area contributed by atoms with Gasteiger partial charge in [-0.1, -0.05) is 39.5 Å². The first-order valence-electron chi connectivity index (χ1n) is 8.46. The van der Waals surface area contributed by atoms with Crippen molar-refractivity contribution in [1.29, 1.82) is 0 Å². The molecule has 0 aromatic rings. The molecule has 0 aromatic heterocycles. The van der Waals surface area contributed by atoms with Gasteiger partial charge in [-0.05, 0) is 18.8 Å². The number of ether oxygens (including phenoxy) is 1. The Balaban J connectivity index is -0.000000457. The summed E-state index contributed by atoms with van der Waals surface area (Å²) in [6, 6.07) is 0. The van der Waals surface area contributed by atoms with Gasteiger partial charge in [-0.3, -0.25) is 9.59 Å². The summed E-state index contributed by atoms with van der Waals surface area (Å²) in [5.41, 5.74) is 0. The van der Waals surface area contributed by atoms with Crippen LogP contribution in [0.25, 0.3) is 0 Å². The number of carboxylic acid groups (broad SMARTS) is 2. The fraction of sp³-hybridized carbons (Fsp3) is 0.882. The lowest BCUT2D eigenvalue weighted by Gasteiger charge is -2.17. The van der Waals surface area contributed by atoms with Crippen LogP contribution in [-0.4, -0.2) is 58.3 Å². The van der Waals surface area contributed by atoms with Crippen LogP contribution in [0.5, 0.6) is 0 Å². The van der Waals surface area contributed by atoms with E-state index in [9.17, 15) is 0 Å². The Bertz CT molecular complexity index is 262. The largest absolute Gasteiger partial charge is 0.481 e. The van der Waals surface area contributed by atoms with Gasteiger partial charge in [-0.25, -0.2) is 0 Å². The van der Waals surface area contributed by atoms with E-state index in [1.54, 1.807) is 0 Å². The van der Waals surface area contributed by atoms with Crippen molar-refractivity contribution in [3.63, 3.8) is 0 Å². The smallest absolute Gasteiger partial charge is 0.300 e. The molecule has 0 rings (SSSR count). The van der Waals surface area contributed by atoms with Crippen molar-refractivity contribution in [3.8, 4) is 0 Å². The number of carboxylic acids is 2. The van der Waals surface area contributed by atoms with Gasteiger partial charge in [0.05, 0.1) is 13.2 Å². The molecule has 24 heavy (non-hydrogen) atoms. The second-order valence-corrected chi connectivity index (χ2v) is 5.56. The number of aliphatic hydroxyl groups is 2. The van der Waals surface area contributed by atoms with E-state index in [4.69, 9.17) is 34.8 Å². The van der Waals surface area contributed by atoms with Crippen molar-refractivity contribution >= 4 is 11.9 Å². The summed E-state index contributed by atoms with van der Waals surface area (Å²) in [7, 11) is 0. The van der Waals surface area contributed by atoms with E-state index in [0.717, 1.165) is 13.8 Å². The average molecular weight is 352 g/mol. The molecule has 0 aliphatic rings. The lowest BCUT2D eigenvalue weighted by Crippen LogP contribution is -2.21. The fourth-order valence-corrected chi connectivity index (χ4v) is 1.83. The summed E-state index contributed by atoms with van der Waals surface area (Å²) in [5, 5.41) is 32.6. The molecule has 0 aromatic carbocycles. The predicted octanol–water partition coefficient (Wildman–Crippen LogP) is 2.53. The van der Waals surface area contributed by atoms with Crippen molar-refractivity contribution in [3.05, 3.63) is 0 Å². The van der Waals surface area contributed by atoms with E-state index >= 15 is 0 Å². The van der Waals surface area contributed by atoms with E-state index in [1.807, 2.05) is 0 Å². The van der Waals surface area contributed by atoms with Gasteiger partial charge in [-0.2, -0.15) is 0 Å². The van der Waals surface area contributed by atoms with Crippen molar-refractivity contribution in [1.82, 2.24) is 0 Å². The zero-order valence-electron chi connectivity index (χ0n) is 15.5. The summed E-state index contributed by atoms with van der Waals surface area (Å²) < 4.78 is 5.42. The number of aliphatic carboxylic acids is 2. The van der Waals surface area contributed by atoms with Crippen LogP contribution in [0, 0.1) is 5.92 Å². The van der Waals surface area contributed by atoms with E-state index in [1.165, 1.54) is 38.5 Å². The normalized spacial score (nSPS) is 12.1. The Morgan fingerprint density at radius 3 is 1.79 bits per heavy atom. The molecule has 0 fully saturated rings. The lowest BCUT2D eigenvalue weighted by molar-refractivity contribution is -0.135. The van der Waals surface area contributed by atoms with Gasteiger partial charge in [0, 0.05) is 20.5 Å². The summed E-state index contributed by atoms with van der Waals surface area (Å²) in [4.78, 5) is 18.0. The molecule has 0 spiro atoms. The molecule has 0 radical (unpaired) electrons. The van der Waals surface area contributed by atoms with Crippen LogP contribution in [0.15, 0.2) is 0 Å². The molecule has 2 atom stereocenters. The highest BCUT2D eigenvalue weighted by molar-refractivity contribution is 5.63. The Hall–Kier alpha value is -1.18. The first-order chi connectivity index (χ1) is 11.2. The molecule has 0 saturated carbocycles. The Morgan fingerprint density at radius 1 is 0.917 bits per heavy atom. The highest BCUT2D eigenvalue weighted by Crippen LogP contribution is 2.16. The minimum Gasteiger partial charge on any atom is -0.481 e. The van der Waals surface area contributed by atoms with Gasteiger partial charge in [0.1, 0.15) is 6.10 Å². The molecule has 7 heteroatoms. The third-order valence-corrected chi connectivity index (χ3v) is 2.79. The van der Waals surface area contributed by atoms with E-state index < -0.39 is 18.0 Å². The van der Waals surface area contributed by atoms with Crippen LogP contribution in [0.1, 0.15) is 66.2 Å². The molecule has 7 nitrogen and oxygen atoms in total. The molecule has 0 bridgehead atoms. The lowest BCUT2D eigenvalue weighted by atomic mass is 9.97. The molecule has 0 aliphatic heterocycles. The quantitative estimate of drug-likeness (QED) is 0.421. The number of carbonyl (C=O) groups is 2. The predicted molar refractivity (Wildman–Crippen MR) is 93.1 cm³/mol. The van der Waals surface area contributed by atoms with E-state index in [2.05, 4.69) is 13.8 Å². The summed E-state index contributed by atoms with van der Waals surface area (Å²) >= 11 is 0. The zero-order chi connectivity index (χ0) is 19.4. The van der Waals surface area contributed by atoms with Gasteiger partial charge in [0.25, 0.3) is 11.9 Å². The van der Waals surface area contributed by atoms with Gasteiger partial charge in [0.2, 0.25) is 0 Å². The van der Waals surface area contributed by atoms with Gasteiger partial charge in [0.15, 0.2) is 0 Å². The van der Waals surface area contributed by atoms with Crippen LogP contribution >= 0.6 is 0 Å². The standard InChI is InChI=1S/C13H28O3.2C2H4O2/c1-3-5-6-8-12(7-4-2)10-16-11-13(15)9-14;2*1-2(3)4/h12-15H,3-11H2,1-2H3;2*1H3,(H,3,4). The van der Waals surface area contributed by atoms with Crippen LogP contribution < -0.4 is 0 Å². The van der Waals surface area contributed by atoms with E-state index in [0.29, 0.717) is 12.5 Å². The van der Waals surface area contributed by atoms with Crippen molar-refractivity contribution in [2.45, 2.75) is 72.3 Å². The minimum absolute atomic E-state index is 0.214. The van der Waals surface area contributed by atoms with Gasteiger partial charge >= 0.3 is 0 Å². The number of unbranched alkanes of at least 4 members (excludes halogenated alkanes) is 2. The summed E-state index contributed by atoms with van der Waals surface area (Å²) in [5.74, 6) is -1.05. The highest BCUT2D eigenvalue weighted by atomic mass is 16.5. The first-order valence-corrected chi connectivity index (χ1v) is 8.46. The molecule has 0 heterocycles. The van der Waals surface area contributed by atoms with Gasteiger partial charge < -0.3 is 25.2 Å². The maximum Gasteiger partial charge on any atom is 0.300 e. The Kier molecular flexibility index (Phi) is 25.1. The second kappa shape index (κ2) is 21.8. The molecule has 4 N–H and O–H groups in total. The molecule has 0 aliphatic carbocycles. The average Bonchev–Trinajstić information content (AvgIpc) is 2.46. The van der Waals surface area contributed by atoms with Crippen LogP contribution in [0.2, 0.25) is 0 Å². The molecule has 0 amide bonds. The molecular formula is C17H36O7. The highest BCUT2D eigenvalue weighted by Gasteiger charge is 2.09. The number of hydrogen-bond donors (Lipinski definition) is 4. The summed E-state index contributed by atoms with van der Waals surface area (Å²) in [6.45, 7) is 7.33. The van der Waals surface area contributed by atoms with Crippen molar-refractivity contribution in [2.75, 3.05) is 19.8 Å². The SMILES string of the molecule is CC(=O)O.CC(=O)O.CCCCCC(CCC)COCC(O)CO. The van der Waals surface area contributed by atoms with Crippen molar-refractivity contribution < 1.29 is 34.8 Å². The molecule has 146 valence electrons. The number of aliphatic hydroxyl groups excluding tert-OH is 2. The number of rotatable bonds is 11. The van der Waals surface area contributed by atoms with Gasteiger partial charge in [-0.15, -0.1) is 0 Å². The zero-order valence-corrected chi connectivity index (χ0v) is 15.5. The van der Waals surface area contributed by atoms with Crippen LogP contribution in [0.3, 0.4) is 0 Å². The third-order valence-electron chi connectivity index (χ3n) is 2.79. The summed E-state index contributed by atoms with van der Waals surface area (Å²) in [6.07, 6.45) is 6.69. The molecule has 2 unspecified atom stereocenters. The minimum atomic E-state index is -0.833. The Labute approximate surface area is 145 Å². The Morgan fingerprint density at radius 2 is 1.42 bits per heavy atom. The third kappa shape index (κ3) is 37.2. The topological polar surface area (TPSA) is 124 Å². The molecular weight excluding hydrogens is 316 g/mol. The second-order valence-electron chi connectivity index (χ2n) is 5.56. The first kappa shape index (κ1) is 27.7. The number of hydrogen-bond acceptors (Lipinski definition) is 5. The maximum absolute atomic E-state index is 9.14. The van der Waals surface area contributed by atoms with Crippen molar-refractivity contribution in [2.24, 2.45) is 5.92 Å². The molecule has 0 saturated heterocycles.